The molecule has 0 saturated heterocycles. The zero-order valence-corrected chi connectivity index (χ0v) is 14.6. The molecule has 0 spiro atoms. The summed E-state index contributed by atoms with van der Waals surface area (Å²) in [6.07, 6.45) is 5.60. The number of nitrogens with one attached hydrogen (secondary N) is 1. The Kier molecular flexibility index (Phi) is 5.69. The van der Waals surface area contributed by atoms with Crippen molar-refractivity contribution >= 4 is 0 Å². The number of benzene rings is 2. The minimum Gasteiger partial charge on any atom is -0.493 e. The van der Waals surface area contributed by atoms with Crippen LogP contribution in [0.15, 0.2) is 61.2 Å². The Balaban J connectivity index is 1.52. The largest absolute Gasteiger partial charge is 0.493 e. The van der Waals surface area contributed by atoms with Crippen molar-refractivity contribution in [1.82, 2.24) is 14.9 Å². The molecule has 2 aromatic carbocycles. The number of rotatable bonds is 8. The second-order valence-corrected chi connectivity index (χ2v) is 5.84. The molecule has 5 heteroatoms. The van der Waals surface area contributed by atoms with Crippen molar-refractivity contribution in [1.29, 1.82) is 0 Å². The van der Waals surface area contributed by atoms with Crippen LogP contribution in [0.2, 0.25) is 0 Å². The van der Waals surface area contributed by atoms with Crippen LogP contribution in [0.1, 0.15) is 16.7 Å². The molecule has 0 fully saturated rings. The van der Waals surface area contributed by atoms with Gasteiger partial charge < -0.3 is 19.4 Å². The maximum absolute atomic E-state index is 5.34. The normalized spacial score (nSPS) is 10.6. The Morgan fingerprint density at radius 2 is 1.56 bits per heavy atom. The molecule has 0 radical (unpaired) electrons. The van der Waals surface area contributed by atoms with Crippen LogP contribution >= 0.6 is 0 Å². The molecule has 3 rings (SSSR count). The summed E-state index contributed by atoms with van der Waals surface area (Å²) in [4.78, 5) is 4.06. The van der Waals surface area contributed by atoms with Crippen LogP contribution in [0, 0.1) is 0 Å². The van der Waals surface area contributed by atoms with Gasteiger partial charge in [-0.3, -0.25) is 0 Å². The predicted molar refractivity (Wildman–Crippen MR) is 97.9 cm³/mol. The standard InChI is InChI=1S/C20H23N3O2/c1-24-19-8-7-18(11-20(19)25-2)13-22-12-16-3-5-17(6-4-16)14-23-10-9-21-15-23/h3-11,15,22H,12-14H2,1-2H3. The average Bonchev–Trinajstić information content (AvgIpc) is 3.16. The average molecular weight is 337 g/mol. The molecule has 1 aromatic heterocycles. The summed E-state index contributed by atoms with van der Waals surface area (Å²) in [6, 6.07) is 14.6. The Hall–Kier alpha value is -2.79. The quantitative estimate of drug-likeness (QED) is 0.685. The van der Waals surface area contributed by atoms with Crippen molar-refractivity contribution in [3.8, 4) is 11.5 Å². The molecule has 0 aliphatic carbocycles. The number of aromatic nitrogens is 2. The molecule has 0 atom stereocenters. The summed E-state index contributed by atoms with van der Waals surface area (Å²) in [7, 11) is 3.30. The summed E-state index contributed by atoms with van der Waals surface area (Å²) in [5.41, 5.74) is 3.69. The smallest absolute Gasteiger partial charge is 0.161 e. The fraction of sp³-hybridized carbons (Fsp3) is 0.250. The van der Waals surface area contributed by atoms with Crippen LogP contribution in [0.3, 0.4) is 0 Å². The molecule has 3 aromatic rings. The molecule has 0 unspecified atom stereocenters. The van der Waals surface area contributed by atoms with Crippen molar-refractivity contribution in [2.45, 2.75) is 19.6 Å². The summed E-state index contributed by atoms with van der Waals surface area (Å²) < 4.78 is 12.7. The molecule has 130 valence electrons. The number of hydrogen-bond donors (Lipinski definition) is 1. The van der Waals surface area contributed by atoms with E-state index >= 15 is 0 Å². The van der Waals surface area contributed by atoms with Crippen LogP contribution in [0.4, 0.5) is 0 Å². The van der Waals surface area contributed by atoms with Crippen molar-refractivity contribution in [2.24, 2.45) is 0 Å². The molecule has 5 nitrogen and oxygen atoms in total. The molecule has 0 saturated carbocycles. The maximum atomic E-state index is 5.34. The van der Waals surface area contributed by atoms with E-state index in [1.807, 2.05) is 30.7 Å². The number of hydrogen-bond acceptors (Lipinski definition) is 4. The summed E-state index contributed by atoms with van der Waals surface area (Å²) in [5, 5.41) is 3.46. The number of nitrogens with zero attached hydrogens (tertiary/aromatic N) is 2. The highest BCUT2D eigenvalue weighted by Gasteiger charge is 2.04. The second kappa shape index (κ2) is 8.35. The fourth-order valence-corrected chi connectivity index (χ4v) is 2.70. The highest BCUT2D eigenvalue weighted by molar-refractivity contribution is 5.42. The fourth-order valence-electron chi connectivity index (χ4n) is 2.70. The van der Waals surface area contributed by atoms with Crippen LogP contribution in [0.5, 0.6) is 11.5 Å². The van der Waals surface area contributed by atoms with Gasteiger partial charge in [-0.25, -0.2) is 4.98 Å². The zero-order valence-electron chi connectivity index (χ0n) is 14.6. The molecule has 25 heavy (non-hydrogen) atoms. The predicted octanol–water partition coefficient (Wildman–Crippen LogP) is 3.24. The molecule has 0 bridgehead atoms. The molecule has 1 heterocycles. The highest BCUT2D eigenvalue weighted by Crippen LogP contribution is 2.27. The first-order chi connectivity index (χ1) is 12.3. The van der Waals surface area contributed by atoms with Gasteiger partial charge in [0.05, 0.1) is 20.5 Å². The molecular formula is C20H23N3O2. The minimum absolute atomic E-state index is 0.750. The summed E-state index contributed by atoms with van der Waals surface area (Å²) in [5.74, 6) is 1.50. The van der Waals surface area contributed by atoms with E-state index in [0.717, 1.165) is 36.7 Å². The lowest BCUT2D eigenvalue weighted by atomic mass is 10.1. The van der Waals surface area contributed by atoms with Gasteiger partial charge in [0, 0.05) is 32.0 Å². The van der Waals surface area contributed by atoms with Gasteiger partial charge in [-0.05, 0) is 28.8 Å². The van der Waals surface area contributed by atoms with E-state index in [1.54, 1.807) is 20.4 Å². The van der Waals surface area contributed by atoms with Gasteiger partial charge in [-0.1, -0.05) is 30.3 Å². The Bertz CT molecular complexity index is 783. The number of ether oxygens (including phenoxy) is 2. The van der Waals surface area contributed by atoms with Crippen molar-refractivity contribution < 1.29 is 9.47 Å². The summed E-state index contributed by atoms with van der Waals surface area (Å²) in [6.45, 7) is 2.44. The van der Waals surface area contributed by atoms with Crippen molar-refractivity contribution in [3.05, 3.63) is 77.9 Å². The molecule has 0 aliphatic heterocycles. The first kappa shape index (κ1) is 17.0. The SMILES string of the molecule is COc1ccc(CNCc2ccc(Cn3ccnc3)cc2)cc1OC. The van der Waals surface area contributed by atoms with Crippen LogP contribution in [-0.2, 0) is 19.6 Å². The van der Waals surface area contributed by atoms with Crippen molar-refractivity contribution in [2.75, 3.05) is 14.2 Å². The van der Waals surface area contributed by atoms with Gasteiger partial charge in [0.15, 0.2) is 11.5 Å². The van der Waals surface area contributed by atoms with Gasteiger partial charge in [0.2, 0.25) is 0 Å². The first-order valence-corrected chi connectivity index (χ1v) is 8.23. The van der Waals surface area contributed by atoms with E-state index in [9.17, 15) is 0 Å². The van der Waals surface area contributed by atoms with Crippen LogP contribution < -0.4 is 14.8 Å². The summed E-state index contributed by atoms with van der Waals surface area (Å²) >= 11 is 0. The first-order valence-electron chi connectivity index (χ1n) is 8.23. The monoisotopic (exact) mass is 337 g/mol. The van der Waals surface area contributed by atoms with Crippen LogP contribution in [0.25, 0.3) is 0 Å². The van der Waals surface area contributed by atoms with Gasteiger partial charge in [-0.2, -0.15) is 0 Å². The Morgan fingerprint density at radius 1 is 0.880 bits per heavy atom. The third kappa shape index (κ3) is 4.61. The van der Waals surface area contributed by atoms with E-state index in [1.165, 1.54) is 11.1 Å². The Labute approximate surface area is 148 Å². The van der Waals surface area contributed by atoms with E-state index in [-0.39, 0.29) is 0 Å². The molecule has 0 aliphatic rings. The lowest BCUT2D eigenvalue weighted by molar-refractivity contribution is 0.354. The third-order valence-corrected chi connectivity index (χ3v) is 4.05. The number of imidazole rings is 1. The molecular weight excluding hydrogens is 314 g/mol. The Morgan fingerprint density at radius 3 is 2.24 bits per heavy atom. The zero-order chi connectivity index (χ0) is 17.5. The molecule has 0 amide bonds. The lowest BCUT2D eigenvalue weighted by Gasteiger charge is -2.10. The van der Waals surface area contributed by atoms with E-state index in [0.29, 0.717) is 0 Å². The van der Waals surface area contributed by atoms with E-state index in [4.69, 9.17) is 9.47 Å². The minimum atomic E-state index is 0.750. The number of methoxy groups -OCH3 is 2. The second-order valence-electron chi connectivity index (χ2n) is 5.84. The van der Waals surface area contributed by atoms with E-state index in [2.05, 4.69) is 39.1 Å². The third-order valence-electron chi connectivity index (χ3n) is 4.05. The van der Waals surface area contributed by atoms with Crippen molar-refractivity contribution in [3.63, 3.8) is 0 Å². The van der Waals surface area contributed by atoms with Gasteiger partial charge in [0.1, 0.15) is 0 Å². The van der Waals surface area contributed by atoms with E-state index < -0.39 is 0 Å². The van der Waals surface area contributed by atoms with Gasteiger partial charge in [-0.15, -0.1) is 0 Å². The topological polar surface area (TPSA) is 48.3 Å². The van der Waals surface area contributed by atoms with Gasteiger partial charge in [0.25, 0.3) is 0 Å². The maximum Gasteiger partial charge on any atom is 0.161 e. The highest BCUT2D eigenvalue weighted by atomic mass is 16.5. The van der Waals surface area contributed by atoms with Gasteiger partial charge >= 0.3 is 0 Å². The van der Waals surface area contributed by atoms with Crippen LogP contribution in [-0.4, -0.2) is 23.8 Å². The molecule has 1 N–H and O–H groups in total. The lowest BCUT2D eigenvalue weighted by Crippen LogP contribution is -2.12.